The first-order valence-corrected chi connectivity index (χ1v) is 10.3. The zero-order valence-corrected chi connectivity index (χ0v) is 17.8. The van der Waals surface area contributed by atoms with Crippen LogP contribution in [0.15, 0.2) is 54.0 Å². The zero-order valence-electron chi connectivity index (χ0n) is 17.0. The Morgan fingerprint density at radius 2 is 1.54 bits per heavy atom. The Labute approximate surface area is 195 Å². The van der Waals surface area contributed by atoms with Crippen molar-refractivity contribution in [2.24, 2.45) is 0 Å². The van der Waals surface area contributed by atoms with Gasteiger partial charge in [0.15, 0.2) is 6.29 Å². The van der Waals surface area contributed by atoms with Crippen LogP contribution in [0.4, 0.5) is 32.0 Å². The van der Waals surface area contributed by atoms with E-state index in [0.29, 0.717) is 24.0 Å². The predicted octanol–water partition coefficient (Wildman–Crippen LogP) is 6.42. The highest BCUT2D eigenvalue weighted by Crippen LogP contribution is 2.39. The van der Waals surface area contributed by atoms with Gasteiger partial charge in [-0.1, -0.05) is 0 Å². The van der Waals surface area contributed by atoms with Gasteiger partial charge in [-0.3, -0.25) is 14.9 Å². The number of nitro benzene ring substituents is 1. The summed E-state index contributed by atoms with van der Waals surface area (Å²) in [5.41, 5.74) is -3.04. The monoisotopic (exact) mass is 512 g/mol. The van der Waals surface area contributed by atoms with Crippen molar-refractivity contribution < 1.29 is 36.1 Å². The number of aldehydes is 1. The molecule has 2 heterocycles. The lowest BCUT2D eigenvalue weighted by Gasteiger charge is -2.13. The average molecular weight is 512 g/mol. The molecule has 0 saturated carbocycles. The third kappa shape index (κ3) is 4.91. The number of carbonyl (C=O) groups excluding carboxylic acids is 1. The largest absolute Gasteiger partial charge is 0.416 e. The molecule has 4 rings (SSSR count). The SMILES string of the molecule is O=Cc1cn(-c2nc(-c3cc(C(F)(F)F)cc(C(F)(F)F)c3)cs2)nc1-c1ccc([N+](=O)[O-])cc1. The van der Waals surface area contributed by atoms with Gasteiger partial charge in [-0.2, -0.15) is 31.4 Å². The predicted molar refractivity (Wildman–Crippen MR) is 112 cm³/mol. The fraction of sp³-hybridized carbons (Fsp3) is 0.0952. The lowest BCUT2D eigenvalue weighted by Crippen LogP contribution is -2.11. The summed E-state index contributed by atoms with van der Waals surface area (Å²) in [4.78, 5) is 25.8. The van der Waals surface area contributed by atoms with E-state index in [0.717, 1.165) is 16.0 Å². The highest BCUT2D eigenvalue weighted by Gasteiger charge is 2.37. The van der Waals surface area contributed by atoms with Gasteiger partial charge >= 0.3 is 12.4 Å². The Morgan fingerprint density at radius 3 is 2.06 bits per heavy atom. The minimum absolute atomic E-state index is 0.0249. The van der Waals surface area contributed by atoms with E-state index in [1.54, 1.807) is 0 Å². The lowest BCUT2D eigenvalue weighted by molar-refractivity contribution is -0.384. The van der Waals surface area contributed by atoms with Crippen LogP contribution >= 0.6 is 11.3 Å². The Bertz CT molecular complexity index is 1390. The summed E-state index contributed by atoms with van der Waals surface area (Å²) in [5.74, 6) is 0. The number of non-ortho nitro benzene ring substituents is 1. The molecule has 7 nitrogen and oxygen atoms in total. The molecule has 2 aromatic carbocycles. The van der Waals surface area contributed by atoms with Crippen LogP contribution in [0.25, 0.3) is 27.6 Å². The number of aromatic nitrogens is 3. The molecule has 180 valence electrons. The maximum Gasteiger partial charge on any atom is 0.416 e. The highest BCUT2D eigenvalue weighted by molar-refractivity contribution is 7.12. The minimum Gasteiger partial charge on any atom is -0.298 e. The average Bonchev–Trinajstić information content (AvgIpc) is 3.45. The van der Waals surface area contributed by atoms with Crippen LogP contribution in [-0.4, -0.2) is 26.0 Å². The molecule has 0 fully saturated rings. The Balaban J connectivity index is 1.74. The highest BCUT2D eigenvalue weighted by atomic mass is 32.1. The molecule has 0 saturated heterocycles. The molecule has 2 aromatic heterocycles. The zero-order chi connectivity index (χ0) is 25.5. The third-order valence-corrected chi connectivity index (χ3v) is 5.62. The van der Waals surface area contributed by atoms with Crippen molar-refractivity contribution in [2.45, 2.75) is 12.4 Å². The molecule has 4 aromatic rings. The molecule has 0 aliphatic rings. The normalized spacial score (nSPS) is 12.1. The molecule has 0 bridgehead atoms. The topological polar surface area (TPSA) is 90.9 Å². The number of hydrogen-bond acceptors (Lipinski definition) is 6. The van der Waals surface area contributed by atoms with E-state index >= 15 is 0 Å². The molecule has 0 aliphatic heterocycles. The van der Waals surface area contributed by atoms with Crippen molar-refractivity contribution in [3.8, 4) is 27.6 Å². The van der Waals surface area contributed by atoms with Gasteiger partial charge in [0.05, 0.1) is 27.3 Å². The first kappa shape index (κ1) is 24.1. The Morgan fingerprint density at radius 1 is 0.943 bits per heavy atom. The maximum absolute atomic E-state index is 13.2. The van der Waals surface area contributed by atoms with Crippen LogP contribution in [-0.2, 0) is 12.4 Å². The molecule has 35 heavy (non-hydrogen) atoms. The van der Waals surface area contributed by atoms with E-state index in [1.807, 2.05) is 0 Å². The van der Waals surface area contributed by atoms with Crippen LogP contribution in [0.3, 0.4) is 0 Å². The van der Waals surface area contributed by atoms with Gasteiger partial charge in [-0.05, 0) is 30.3 Å². The second-order valence-electron chi connectivity index (χ2n) is 7.11. The molecular weight excluding hydrogens is 502 g/mol. The summed E-state index contributed by atoms with van der Waals surface area (Å²) in [6, 6.07) is 6.36. The number of nitro groups is 1. The second kappa shape index (κ2) is 8.61. The number of rotatable bonds is 5. The van der Waals surface area contributed by atoms with E-state index < -0.39 is 34.0 Å². The fourth-order valence-electron chi connectivity index (χ4n) is 3.14. The lowest BCUT2D eigenvalue weighted by atomic mass is 10.0. The van der Waals surface area contributed by atoms with E-state index in [4.69, 9.17) is 0 Å². The second-order valence-corrected chi connectivity index (χ2v) is 7.95. The van der Waals surface area contributed by atoms with Crippen LogP contribution in [0.5, 0.6) is 0 Å². The summed E-state index contributed by atoms with van der Waals surface area (Å²) < 4.78 is 80.2. The van der Waals surface area contributed by atoms with Gasteiger partial charge in [0.2, 0.25) is 5.13 Å². The molecule has 0 N–H and O–H groups in total. The van der Waals surface area contributed by atoms with Gasteiger partial charge in [-0.15, -0.1) is 11.3 Å². The van der Waals surface area contributed by atoms with Crippen molar-refractivity contribution in [3.63, 3.8) is 0 Å². The Kier molecular flexibility index (Phi) is 5.92. The van der Waals surface area contributed by atoms with Gasteiger partial charge < -0.3 is 0 Å². The van der Waals surface area contributed by atoms with Crippen LogP contribution in [0.2, 0.25) is 0 Å². The maximum atomic E-state index is 13.2. The van der Waals surface area contributed by atoms with Crippen molar-refractivity contribution in [3.05, 3.63) is 80.8 Å². The van der Waals surface area contributed by atoms with Crippen molar-refractivity contribution in [2.75, 3.05) is 0 Å². The smallest absolute Gasteiger partial charge is 0.298 e. The summed E-state index contributed by atoms with van der Waals surface area (Å²) in [6.45, 7) is 0. The van der Waals surface area contributed by atoms with Crippen LogP contribution < -0.4 is 0 Å². The van der Waals surface area contributed by atoms with E-state index in [2.05, 4.69) is 10.1 Å². The quantitative estimate of drug-likeness (QED) is 0.133. The van der Waals surface area contributed by atoms with Crippen molar-refractivity contribution >= 4 is 23.3 Å². The summed E-state index contributed by atoms with van der Waals surface area (Å²) in [5, 5.41) is 16.4. The molecule has 0 atom stereocenters. The number of halogens is 6. The molecule has 0 spiro atoms. The van der Waals surface area contributed by atoms with Crippen LogP contribution in [0, 0.1) is 10.1 Å². The van der Waals surface area contributed by atoms with Gasteiger partial charge in [-0.25, -0.2) is 9.67 Å². The van der Waals surface area contributed by atoms with E-state index in [-0.39, 0.29) is 33.8 Å². The Hall–Kier alpha value is -4.07. The number of carbonyl (C=O) groups is 1. The molecule has 0 aliphatic carbocycles. The van der Waals surface area contributed by atoms with Gasteiger partial charge in [0.25, 0.3) is 5.69 Å². The first-order chi connectivity index (χ1) is 16.4. The number of nitrogens with zero attached hydrogens (tertiary/aromatic N) is 4. The number of hydrogen-bond donors (Lipinski definition) is 0. The number of thiazole rings is 1. The molecular formula is C21H10F6N4O3S. The first-order valence-electron chi connectivity index (χ1n) is 9.42. The number of alkyl halides is 6. The minimum atomic E-state index is -5.00. The third-order valence-electron chi connectivity index (χ3n) is 4.79. The molecule has 0 radical (unpaired) electrons. The van der Waals surface area contributed by atoms with Crippen molar-refractivity contribution in [1.82, 2.24) is 14.8 Å². The summed E-state index contributed by atoms with van der Waals surface area (Å²) in [7, 11) is 0. The standard InChI is InChI=1S/C21H10F6N4O3S/c22-20(23,24)14-5-12(6-15(7-14)21(25,26)27)17-10-35-19(28-17)30-8-13(9-32)18(29-30)11-1-3-16(4-2-11)31(33)34/h1-10H. The molecule has 14 heteroatoms. The molecule has 0 amide bonds. The van der Waals surface area contributed by atoms with E-state index in [1.165, 1.54) is 35.8 Å². The fourth-order valence-corrected chi connectivity index (χ4v) is 3.90. The summed E-state index contributed by atoms with van der Waals surface area (Å²) >= 11 is 0.880. The van der Waals surface area contributed by atoms with E-state index in [9.17, 15) is 41.3 Å². The van der Waals surface area contributed by atoms with Crippen LogP contribution in [0.1, 0.15) is 21.5 Å². The van der Waals surface area contributed by atoms with Crippen molar-refractivity contribution in [1.29, 1.82) is 0 Å². The summed E-state index contributed by atoms with van der Waals surface area (Å²) in [6.07, 6.45) is -8.25. The molecule has 0 unspecified atom stereocenters. The van der Waals surface area contributed by atoms with Gasteiger partial charge in [0.1, 0.15) is 5.69 Å². The number of benzene rings is 2. The van der Waals surface area contributed by atoms with Gasteiger partial charge in [0, 0.05) is 34.8 Å².